The number of aliphatic hydroxyl groups is 4. The van der Waals surface area contributed by atoms with Gasteiger partial charge in [0, 0.05) is 19.6 Å². The van der Waals surface area contributed by atoms with Crippen LogP contribution in [0.25, 0.3) is 0 Å². The predicted molar refractivity (Wildman–Crippen MR) is 44.0 cm³/mol. The van der Waals surface area contributed by atoms with Crippen molar-refractivity contribution in [3.05, 3.63) is 0 Å². The topological polar surface area (TPSA) is 90.2 Å². The van der Waals surface area contributed by atoms with Crippen molar-refractivity contribution in [1.29, 1.82) is 0 Å². The van der Waals surface area contributed by atoms with Gasteiger partial charge in [-0.25, -0.2) is 0 Å². The Kier molecular flexibility index (Phi) is 3.63. The lowest BCUT2D eigenvalue weighted by atomic mass is 9.81. The second kappa shape index (κ2) is 4.34. The molecule has 4 N–H and O–H groups in total. The molecule has 0 spiro atoms. The number of ether oxygens (including phenoxy) is 1. The summed E-state index contributed by atoms with van der Waals surface area (Å²) in [7, 11) is 1.42. The highest BCUT2D eigenvalue weighted by Crippen LogP contribution is 2.26. The lowest BCUT2D eigenvalue weighted by Crippen LogP contribution is -2.54. The van der Waals surface area contributed by atoms with Gasteiger partial charge in [0.2, 0.25) is 0 Å². The first-order chi connectivity index (χ1) is 6.11. The third-order valence-corrected chi connectivity index (χ3v) is 2.64. The average molecular weight is 192 g/mol. The molecule has 0 bridgehead atoms. The first-order valence-corrected chi connectivity index (χ1v) is 4.29. The van der Waals surface area contributed by atoms with Gasteiger partial charge in [0.05, 0.1) is 12.2 Å². The fourth-order valence-electron chi connectivity index (χ4n) is 1.70. The molecule has 0 aromatic heterocycles. The van der Waals surface area contributed by atoms with Gasteiger partial charge >= 0.3 is 0 Å². The van der Waals surface area contributed by atoms with Crippen LogP contribution in [0.1, 0.15) is 6.42 Å². The van der Waals surface area contributed by atoms with Crippen LogP contribution >= 0.6 is 0 Å². The summed E-state index contributed by atoms with van der Waals surface area (Å²) >= 11 is 0. The smallest absolute Gasteiger partial charge is 0.109 e. The van der Waals surface area contributed by atoms with Gasteiger partial charge in [0.25, 0.3) is 0 Å². The fourth-order valence-corrected chi connectivity index (χ4v) is 1.70. The summed E-state index contributed by atoms with van der Waals surface area (Å²) in [4.78, 5) is 0. The van der Waals surface area contributed by atoms with Gasteiger partial charge in [-0.1, -0.05) is 0 Å². The maximum Gasteiger partial charge on any atom is 0.109 e. The first kappa shape index (κ1) is 10.9. The van der Waals surface area contributed by atoms with Crippen molar-refractivity contribution in [2.45, 2.75) is 30.8 Å². The molecule has 5 atom stereocenters. The number of rotatable bonds is 2. The summed E-state index contributed by atoms with van der Waals surface area (Å²) in [6, 6.07) is 0. The summed E-state index contributed by atoms with van der Waals surface area (Å²) < 4.78 is 4.92. The minimum absolute atomic E-state index is 0.217. The Morgan fingerprint density at radius 3 is 2.23 bits per heavy atom. The highest BCUT2D eigenvalue weighted by atomic mass is 16.5. The van der Waals surface area contributed by atoms with Gasteiger partial charge in [0.1, 0.15) is 12.2 Å². The number of hydrogen-bond acceptors (Lipinski definition) is 5. The van der Waals surface area contributed by atoms with Gasteiger partial charge in [-0.2, -0.15) is 0 Å². The van der Waals surface area contributed by atoms with Crippen molar-refractivity contribution in [3.63, 3.8) is 0 Å². The highest BCUT2D eigenvalue weighted by Gasteiger charge is 2.42. The lowest BCUT2D eigenvalue weighted by molar-refractivity contribution is -0.170. The molecule has 5 heteroatoms. The van der Waals surface area contributed by atoms with Gasteiger partial charge < -0.3 is 25.2 Å². The Morgan fingerprint density at radius 1 is 1.15 bits per heavy atom. The zero-order valence-corrected chi connectivity index (χ0v) is 7.50. The van der Waals surface area contributed by atoms with Crippen LogP contribution in [0.4, 0.5) is 0 Å². The largest absolute Gasteiger partial charge is 0.396 e. The monoisotopic (exact) mass is 192 g/mol. The van der Waals surface area contributed by atoms with E-state index in [-0.39, 0.29) is 6.61 Å². The fraction of sp³-hybridized carbons (Fsp3) is 1.00. The highest BCUT2D eigenvalue weighted by molar-refractivity contribution is 4.92. The SMILES string of the molecule is COC1CC(CO)[C@@H](O)[C@H](O)C1O. The van der Waals surface area contributed by atoms with E-state index < -0.39 is 30.3 Å². The van der Waals surface area contributed by atoms with Crippen molar-refractivity contribution in [1.82, 2.24) is 0 Å². The summed E-state index contributed by atoms with van der Waals surface area (Å²) in [6.45, 7) is -0.217. The van der Waals surface area contributed by atoms with Crippen molar-refractivity contribution in [3.8, 4) is 0 Å². The zero-order chi connectivity index (χ0) is 10.0. The molecule has 1 fully saturated rings. The minimum Gasteiger partial charge on any atom is -0.396 e. The second-order valence-corrected chi connectivity index (χ2v) is 3.42. The van der Waals surface area contributed by atoms with Gasteiger partial charge in [0.15, 0.2) is 0 Å². The number of methoxy groups -OCH3 is 1. The summed E-state index contributed by atoms with van der Waals surface area (Å²) in [5, 5.41) is 37.0. The van der Waals surface area contributed by atoms with E-state index in [2.05, 4.69) is 0 Å². The summed E-state index contributed by atoms with van der Waals surface area (Å²) in [6.07, 6.45) is -3.56. The molecule has 0 heterocycles. The van der Waals surface area contributed by atoms with Gasteiger partial charge in [-0.05, 0) is 6.42 Å². The lowest BCUT2D eigenvalue weighted by Gasteiger charge is -2.38. The molecular formula is C8H16O5. The van der Waals surface area contributed by atoms with Crippen LogP contribution in [0.5, 0.6) is 0 Å². The maximum atomic E-state index is 9.40. The molecule has 0 radical (unpaired) electrons. The molecule has 1 aliphatic carbocycles. The van der Waals surface area contributed by atoms with E-state index >= 15 is 0 Å². The van der Waals surface area contributed by atoms with Crippen molar-refractivity contribution < 1.29 is 25.2 Å². The van der Waals surface area contributed by atoms with E-state index in [1.165, 1.54) is 7.11 Å². The molecule has 0 aromatic rings. The molecule has 0 aliphatic heterocycles. The molecule has 5 nitrogen and oxygen atoms in total. The van der Waals surface area contributed by atoms with E-state index in [1.807, 2.05) is 0 Å². The van der Waals surface area contributed by atoms with Crippen molar-refractivity contribution in [2.24, 2.45) is 5.92 Å². The van der Waals surface area contributed by atoms with Crippen LogP contribution in [0.2, 0.25) is 0 Å². The Labute approximate surface area is 76.6 Å². The van der Waals surface area contributed by atoms with Crippen molar-refractivity contribution in [2.75, 3.05) is 13.7 Å². The van der Waals surface area contributed by atoms with Crippen LogP contribution in [0.15, 0.2) is 0 Å². The summed E-state index contributed by atoms with van der Waals surface area (Å²) in [5.74, 6) is -0.427. The molecule has 0 amide bonds. The van der Waals surface area contributed by atoms with Crippen LogP contribution in [0.3, 0.4) is 0 Å². The first-order valence-electron chi connectivity index (χ1n) is 4.29. The Hall–Kier alpha value is -0.200. The molecule has 1 aliphatic rings. The quantitative estimate of drug-likeness (QED) is 0.410. The number of aliphatic hydroxyl groups excluding tert-OH is 4. The second-order valence-electron chi connectivity index (χ2n) is 3.42. The molecule has 0 aromatic carbocycles. The normalized spacial score (nSPS) is 46.4. The van der Waals surface area contributed by atoms with Gasteiger partial charge in [-0.3, -0.25) is 0 Å². The maximum absolute atomic E-state index is 9.40. The Bertz CT molecular complexity index is 143. The molecule has 78 valence electrons. The molecule has 0 saturated heterocycles. The Balaban J connectivity index is 2.66. The average Bonchev–Trinajstić information content (AvgIpc) is 2.15. The molecule has 1 saturated carbocycles. The number of hydrogen-bond donors (Lipinski definition) is 4. The third-order valence-electron chi connectivity index (χ3n) is 2.64. The van der Waals surface area contributed by atoms with Crippen LogP contribution in [-0.2, 0) is 4.74 Å². The van der Waals surface area contributed by atoms with Crippen LogP contribution in [-0.4, -0.2) is 58.6 Å². The minimum atomic E-state index is -1.24. The molecule has 1 rings (SSSR count). The van der Waals surface area contributed by atoms with Crippen LogP contribution < -0.4 is 0 Å². The zero-order valence-electron chi connectivity index (χ0n) is 7.50. The molecule has 3 unspecified atom stereocenters. The predicted octanol–water partition coefficient (Wildman–Crippen LogP) is -1.90. The molecular weight excluding hydrogens is 176 g/mol. The van der Waals surface area contributed by atoms with E-state index in [0.717, 1.165) is 0 Å². The summed E-state index contributed by atoms with van der Waals surface area (Å²) in [5.41, 5.74) is 0. The van der Waals surface area contributed by atoms with Gasteiger partial charge in [-0.15, -0.1) is 0 Å². The standard InChI is InChI=1S/C8H16O5/c1-13-5-2-4(3-9)6(10)8(12)7(5)11/h4-12H,2-3H2,1H3/t4?,5?,6-,7?,8+/m1/s1. The molecule has 13 heavy (non-hydrogen) atoms. The third kappa shape index (κ3) is 2.00. The van der Waals surface area contributed by atoms with E-state index in [9.17, 15) is 15.3 Å². The Morgan fingerprint density at radius 2 is 1.77 bits per heavy atom. The van der Waals surface area contributed by atoms with Crippen molar-refractivity contribution >= 4 is 0 Å². The van der Waals surface area contributed by atoms with Crippen LogP contribution in [0, 0.1) is 5.92 Å². The van der Waals surface area contributed by atoms with E-state index in [0.29, 0.717) is 6.42 Å². The van der Waals surface area contributed by atoms with E-state index in [1.54, 1.807) is 0 Å². The van der Waals surface area contributed by atoms with E-state index in [4.69, 9.17) is 9.84 Å².